The van der Waals surface area contributed by atoms with Gasteiger partial charge >= 0.3 is 5.97 Å². The van der Waals surface area contributed by atoms with Gasteiger partial charge in [-0.2, -0.15) is 0 Å². The van der Waals surface area contributed by atoms with Crippen molar-refractivity contribution in [3.05, 3.63) is 76.8 Å². The number of fused-ring (bicyclic) bond motifs is 1. The van der Waals surface area contributed by atoms with Crippen LogP contribution in [-0.4, -0.2) is 49.4 Å². The molecule has 2 aromatic rings. The van der Waals surface area contributed by atoms with Gasteiger partial charge in [0.2, 0.25) is 0 Å². The summed E-state index contributed by atoms with van der Waals surface area (Å²) < 4.78 is 5.95. The van der Waals surface area contributed by atoms with Crippen molar-refractivity contribution in [3.8, 4) is 5.75 Å². The number of carboxylic acids is 2. The Morgan fingerprint density at radius 1 is 1.21 bits per heavy atom. The van der Waals surface area contributed by atoms with Crippen molar-refractivity contribution in [1.29, 1.82) is 0 Å². The number of quaternary nitrogens is 1. The van der Waals surface area contributed by atoms with Crippen molar-refractivity contribution in [2.45, 2.75) is 30.8 Å². The second-order valence-corrected chi connectivity index (χ2v) is 8.65. The maximum atomic E-state index is 11.9. The van der Waals surface area contributed by atoms with Crippen LogP contribution in [-0.2, 0) is 15.2 Å². The fraction of sp³-hybridized carbons (Fsp3) is 0.360. The number of aliphatic hydroxyl groups is 1. The smallest absolute Gasteiger partial charge is 0.328 e. The Labute approximate surface area is 198 Å². The Kier molecular flexibility index (Phi) is 9.91. The summed E-state index contributed by atoms with van der Waals surface area (Å²) in [5.41, 5.74) is 1.07. The van der Waals surface area contributed by atoms with Crippen LogP contribution in [0.2, 0.25) is 5.02 Å². The van der Waals surface area contributed by atoms with Gasteiger partial charge in [-0.25, -0.2) is 4.79 Å². The number of hydrogen-bond donors (Lipinski definition) is 3. The minimum Gasteiger partial charge on any atom is -0.545 e. The summed E-state index contributed by atoms with van der Waals surface area (Å²) in [6.45, 7) is 1.60. The van der Waals surface area contributed by atoms with Crippen LogP contribution in [0.4, 0.5) is 0 Å². The standard InChI is InChI=1S/C21H26ClNO2.C4H4O4/c1-23(2)13-6-12-21(24)18(16-7-4-3-5-8-16)11-14-25-20-15-17(22)9-10-19(20)21;5-3(6)1-2-4(7)8/h3-5,7-10,15,18,24H,6,11-14H2,1-2H3;1-2H,(H,5,6)(H,7,8)/b;2-1-. The van der Waals surface area contributed by atoms with E-state index in [0.717, 1.165) is 30.5 Å². The van der Waals surface area contributed by atoms with E-state index < -0.39 is 17.5 Å². The molecule has 1 aliphatic heterocycles. The molecule has 2 atom stereocenters. The lowest BCUT2D eigenvalue weighted by Crippen LogP contribution is -3.05. The quantitative estimate of drug-likeness (QED) is 0.522. The van der Waals surface area contributed by atoms with Crippen molar-refractivity contribution < 1.29 is 34.5 Å². The molecule has 0 aromatic heterocycles. The average Bonchev–Trinajstić information content (AvgIpc) is 2.89. The van der Waals surface area contributed by atoms with Crippen LogP contribution in [0.3, 0.4) is 0 Å². The summed E-state index contributed by atoms with van der Waals surface area (Å²) >= 11 is 6.16. The number of nitrogens with one attached hydrogen (secondary N) is 1. The summed E-state index contributed by atoms with van der Waals surface area (Å²) in [6, 6.07) is 15.9. The lowest BCUT2D eigenvalue weighted by atomic mass is 9.73. The molecule has 33 heavy (non-hydrogen) atoms. The third kappa shape index (κ3) is 7.89. The van der Waals surface area contributed by atoms with Gasteiger partial charge in [-0.15, -0.1) is 0 Å². The first-order valence-electron chi connectivity index (χ1n) is 10.7. The lowest BCUT2D eigenvalue weighted by molar-refractivity contribution is -0.858. The fourth-order valence-corrected chi connectivity index (χ4v) is 4.14. The second kappa shape index (κ2) is 12.4. The number of halogens is 1. The number of carboxylic acid groups (broad SMARTS) is 2. The zero-order valence-electron chi connectivity index (χ0n) is 18.8. The highest BCUT2D eigenvalue weighted by Gasteiger charge is 2.42. The van der Waals surface area contributed by atoms with Crippen LogP contribution in [0, 0.1) is 0 Å². The molecule has 3 rings (SSSR count). The van der Waals surface area contributed by atoms with Gasteiger partial charge in [-0.05, 0) is 43.0 Å². The molecule has 8 heteroatoms. The molecule has 1 heterocycles. The maximum Gasteiger partial charge on any atom is 0.328 e. The molecule has 178 valence electrons. The van der Waals surface area contributed by atoms with Gasteiger partial charge in [0.1, 0.15) is 11.4 Å². The van der Waals surface area contributed by atoms with E-state index in [4.69, 9.17) is 21.4 Å². The maximum absolute atomic E-state index is 11.9. The normalized spacial score (nSPS) is 19.7. The molecule has 0 aliphatic carbocycles. The monoisotopic (exact) mass is 475 g/mol. The molecular weight excluding hydrogens is 446 g/mol. The van der Waals surface area contributed by atoms with Crippen molar-refractivity contribution in [3.63, 3.8) is 0 Å². The summed E-state index contributed by atoms with van der Waals surface area (Å²) in [7, 11) is 4.28. The van der Waals surface area contributed by atoms with E-state index >= 15 is 0 Å². The Bertz CT molecular complexity index is 947. The van der Waals surface area contributed by atoms with Gasteiger partial charge in [0.05, 0.1) is 33.2 Å². The number of aliphatic carboxylic acids is 2. The average molecular weight is 476 g/mol. The molecule has 1 aliphatic rings. The van der Waals surface area contributed by atoms with E-state index in [2.05, 4.69) is 26.2 Å². The SMILES string of the molecule is C[NH+](C)CCCC1(O)c2ccc(Cl)cc2OCCC1c1ccccc1.O=C([O-])/C=C\C(=O)O. The molecule has 0 amide bonds. The van der Waals surface area contributed by atoms with Gasteiger partial charge in [0.15, 0.2) is 0 Å². The topological polar surface area (TPSA) is 111 Å². The van der Waals surface area contributed by atoms with Gasteiger partial charge in [-0.1, -0.05) is 48.0 Å². The van der Waals surface area contributed by atoms with E-state index in [1.54, 1.807) is 0 Å². The van der Waals surface area contributed by atoms with Crippen LogP contribution < -0.4 is 14.7 Å². The third-order valence-electron chi connectivity index (χ3n) is 5.45. The Balaban J connectivity index is 0.000000414. The summed E-state index contributed by atoms with van der Waals surface area (Å²) in [5, 5.41) is 29.8. The third-order valence-corrected chi connectivity index (χ3v) is 5.68. The van der Waals surface area contributed by atoms with Crippen molar-refractivity contribution in [2.24, 2.45) is 0 Å². The van der Waals surface area contributed by atoms with Crippen LogP contribution in [0.25, 0.3) is 0 Å². The molecule has 0 radical (unpaired) electrons. The van der Waals surface area contributed by atoms with Gasteiger partial charge in [0, 0.05) is 22.6 Å². The van der Waals surface area contributed by atoms with Gasteiger partial charge in [0.25, 0.3) is 0 Å². The summed E-state index contributed by atoms with van der Waals surface area (Å²) in [5.74, 6) is -2.08. The Morgan fingerprint density at radius 3 is 2.48 bits per heavy atom. The zero-order valence-corrected chi connectivity index (χ0v) is 19.5. The van der Waals surface area contributed by atoms with E-state index in [9.17, 15) is 19.8 Å². The van der Waals surface area contributed by atoms with E-state index in [-0.39, 0.29) is 5.92 Å². The molecule has 0 fully saturated rings. The number of ether oxygens (including phenoxy) is 1. The van der Waals surface area contributed by atoms with Crippen LogP contribution in [0.5, 0.6) is 5.75 Å². The van der Waals surface area contributed by atoms with E-state index in [1.165, 1.54) is 4.90 Å². The van der Waals surface area contributed by atoms with Gasteiger partial charge < -0.3 is 29.8 Å². The first kappa shape index (κ1) is 26.4. The largest absolute Gasteiger partial charge is 0.545 e. The molecule has 0 spiro atoms. The first-order valence-corrected chi connectivity index (χ1v) is 11.1. The second-order valence-electron chi connectivity index (χ2n) is 8.22. The number of carbonyl (C=O) groups excluding carboxylic acids is 1. The molecule has 3 N–H and O–H groups in total. The number of benzene rings is 2. The van der Waals surface area contributed by atoms with Crippen LogP contribution >= 0.6 is 11.6 Å². The van der Waals surface area contributed by atoms with Crippen LogP contribution in [0.1, 0.15) is 36.3 Å². The molecule has 2 aromatic carbocycles. The van der Waals surface area contributed by atoms with E-state index in [0.29, 0.717) is 36.0 Å². The minimum absolute atomic E-state index is 0.00767. The summed E-state index contributed by atoms with van der Waals surface area (Å²) in [6.07, 6.45) is 3.37. The molecule has 7 nitrogen and oxygen atoms in total. The predicted octanol–water partition coefficient (Wildman–Crippen LogP) is 1.40. The van der Waals surface area contributed by atoms with Crippen molar-refractivity contribution in [2.75, 3.05) is 27.2 Å². The number of rotatable bonds is 7. The Morgan fingerprint density at radius 2 is 1.91 bits per heavy atom. The van der Waals surface area contributed by atoms with E-state index in [1.807, 2.05) is 36.4 Å². The van der Waals surface area contributed by atoms with Crippen molar-refractivity contribution in [1.82, 2.24) is 0 Å². The highest BCUT2D eigenvalue weighted by Crippen LogP contribution is 2.48. The predicted molar refractivity (Wildman–Crippen MR) is 123 cm³/mol. The number of carbonyl (C=O) groups is 2. The molecule has 2 unspecified atom stereocenters. The Hall–Kier alpha value is -2.87. The summed E-state index contributed by atoms with van der Waals surface area (Å²) in [4.78, 5) is 20.4. The zero-order chi connectivity index (χ0) is 24.4. The lowest BCUT2D eigenvalue weighted by Gasteiger charge is -2.36. The van der Waals surface area contributed by atoms with Crippen LogP contribution in [0.15, 0.2) is 60.7 Å². The molecule has 0 bridgehead atoms. The van der Waals surface area contributed by atoms with Crippen molar-refractivity contribution >= 4 is 23.5 Å². The number of hydrogen-bond acceptors (Lipinski definition) is 5. The molecule has 0 saturated carbocycles. The highest BCUT2D eigenvalue weighted by atomic mass is 35.5. The minimum atomic E-state index is -1.51. The first-order chi connectivity index (χ1) is 15.6. The molecule has 0 saturated heterocycles. The highest BCUT2D eigenvalue weighted by molar-refractivity contribution is 6.30. The fourth-order valence-electron chi connectivity index (χ4n) is 3.97. The molecular formula is C25H30ClNO6. The van der Waals surface area contributed by atoms with Gasteiger partial charge in [-0.3, -0.25) is 0 Å².